The van der Waals surface area contributed by atoms with Crippen LogP contribution in [0.3, 0.4) is 0 Å². The standard InChI is InChI=1S/C15H28N2O/c1-12-9-10-16-11-14(12)17-15(18)13-7-5-3-2-4-6-8-13/h12-14,16H,2-11H2,1H3,(H,17,18). The monoisotopic (exact) mass is 252 g/mol. The summed E-state index contributed by atoms with van der Waals surface area (Å²) in [7, 11) is 0. The second-order valence-electron chi connectivity index (χ2n) is 6.13. The molecule has 2 unspecified atom stereocenters. The molecule has 0 radical (unpaired) electrons. The van der Waals surface area contributed by atoms with Crippen LogP contribution in [0.4, 0.5) is 0 Å². The minimum atomic E-state index is 0.277. The Hall–Kier alpha value is -0.570. The lowest BCUT2D eigenvalue weighted by molar-refractivity contribution is -0.126. The van der Waals surface area contributed by atoms with Gasteiger partial charge in [0.15, 0.2) is 0 Å². The van der Waals surface area contributed by atoms with Crippen molar-refractivity contribution in [2.45, 2.75) is 64.3 Å². The first-order valence-electron chi connectivity index (χ1n) is 7.78. The second kappa shape index (κ2) is 7.13. The van der Waals surface area contributed by atoms with E-state index in [4.69, 9.17) is 0 Å². The van der Waals surface area contributed by atoms with Crippen molar-refractivity contribution in [2.75, 3.05) is 13.1 Å². The Balaban J connectivity index is 1.81. The Labute approximate surface area is 111 Å². The van der Waals surface area contributed by atoms with Crippen molar-refractivity contribution in [3.63, 3.8) is 0 Å². The quantitative estimate of drug-likeness (QED) is 0.792. The van der Waals surface area contributed by atoms with Crippen molar-refractivity contribution < 1.29 is 4.79 Å². The van der Waals surface area contributed by atoms with Crippen LogP contribution in [-0.4, -0.2) is 25.0 Å². The van der Waals surface area contributed by atoms with E-state index in [1.54, 1.807) is 0 Å². The highest BCUT2D eigenvalue weighted by Crippen LogP contribution is 2.23. The summed E-state index contributed by atoms with van der Waals surface area (Å²) < 4.78 is 0. The van der Waals surface area contributed by atoms with Crippen LogP contribution in [0.1, 0.15) is 58.3 Å². The zero-order valence-corrected chi connectivity index (χ0v) is 11.7. The van der Waals surface area contributed by atoms with E-state index >= 15 is 0 Å². The van der Waals surface area contributed by atoms with Crippen LogP contribution in [0.2, 0.25) is 0 Å². The molecule has 2 fully saturated rings. The topological polar surface area (TPSA) is 41.1 Å². The van der Waals surface area contributed by atoms with Crippen LogP contribution in [0, 0.1) is 11.8 Å². The van der Waals surface area contributed by atoms with E-state index in [9.17, 15) is 4.79 Å². The first-order chi connectivity index (χ1) is 8.77. The fourth-order valence-corrected chi connectivity index (χ4v) is 3.20. The van der Waals surface area contributed by atoms with Crippen molar-refractivity contribution >= 4 is 5.91 Å². The van der Waals surface area contributed by atoms with Crippen LogP contribution in [0.25, 0.3) is 0 Å². The third-order valence-corrected chi connectivity index (χ3v) is 4.63. The summed E-state index contributed by atoms with van der Waals surface area (Å²) in [6.45, 7) is 4.29. The van der Waals surface area contributed by atoms with Crippen molar-refractivity contribution in [3.05, 3.63) is 0 Å². The molecule has 104 valence electrons. The van der Waals surface area contributed by atoms with Gasteiger partial charge in [-0.25, -0.2) is 0 Å². The van der Waals surface area contributed by atoms with E-state index in [0.717, 1.165) is 25.9 Å². The van der Waals surface area contributed by atoms with Gasteiger partial charge in [-0.05, 0) is 31.7 Å². The van der Waals surface area contributed by atoms with E-state index < -0.39 is 0 Å². The average molecular weight is 252 g/mol. The van der Waals surface area contributed by atoms with Crippen molar-refractivity contribution in [3.8, 4) is 0 Å². The molecule has 0 aromatic rings. The number of carbonyl (C=O) groups is 1. The van der Waals surface area contributed by atoms with E-state index in [1.165, 1.54) is 38.5 Å². The molecule has 2 atom stereocenters. The zero-order valence-electron chi connectivity index (χ0n) is 11.7. The van der Waals surface area contributed by atoms with E-state index in [0.29, 0.717) is 17.9 Å². The first-order valence-corrected chi connectivity index (χ1v) is 7.78. The van der Waals surface area contributed by atoms with Gasteiger partial charge in [0.05, 0.1) is 0 Å². The van der Waals surface area contributed by atoms with Gasteiger partial charge in [-0.2, -0.15) is 0 Å². The molecule has 0 bridgehead atoms. The number of piperidine rings is 1. The Morgan fingerprint density at radius 3 is 2.39 bits per heavy atom. The fourth-order valence-electron chi connectivity index (χ4n) is 3.20. The molecule has 2 N–H and O–H groups in total. The molecule has 3 heteroatoms. The normalized spacial score (nSPS) is 31.4. The van der Waals surface area contributed by atoms with E-state index in [-0.39, 0.29) is 5.92 Å². The third-order valence-electron chi connectivity index (χ3n) is 4.63. The highest BCUT2D eigenvalue weighted by atomic mass is 16.1. The highest BCUT2D eigenvalue weighted by Gasteiger charge is 2.26. The molecular weight excluding hydrogens is 224 g/mol. The summed E-state index contributed by atoms with van der Waals surface area (Å²) in [6.07, 6.45) is 9.82. The number of carbonyl (C=O) groups excluding carboxylic acids is 1. The Bertz CT molecular complexity index is 259. The molecule has 1 aliphatic carbocycles. The van der Waals surface area contributed by atoms with Gasteiger partial charge < -0.3 is 10.6 Å². The van der Waals surface area contributed by atoms with Crippen LogP contribution < -0.4 is 10.6 Å². The maximum atomic E-state index is 12.3. The fraction of sp³-hybridized carbons (Fsp3) is 0.933. The van der Waals surface area contributed by atoms with Crippen LogP contribution in [0.15, 0.2) is 0 Å². The number of hydrogen-bond donors (Lipinski definition) is 2. The van der Waals surface area contributed by atoms with Gasteiger partial charge in [-0.1, -0.05) is 39.0 Å². The van der Waals surface area contributed by atoms with Crippen LogP contribution in [0.5, 0.6) is 0 Å². The number of amides is 1. The summed E-state index contributed by atoms with van der Waals surface area (Å²) >= 11 is 0. The molecule has 1 aliphatic heterocycles. The molecule has 2 aliphatic rings. The predicted molar refractivity (Wildman–Crippen MR) is 74.4 cm³/mol. The van der Waals surface area contributed by atoms with Gasteiger partial charge in [0, 0.05) is 18.5 Å². The zero-order chi connectivity index (χ0) is 12.8. The lowest BCUT2D eigenvalue weighted by atomic mass is 9.89. The van der Waals surface area contributed by atoms with Gasteiger partial charge in [0.2, 0.25) is 5.91 Å². The first kappa shape index (κ1) is 13.9. The summed E-state index contributed by atoms with van der Waals surface area (Å²) in [5.74, 6) is 1.21. The van der Waals surface area contributed by atoms with Gasteiger partial charge in [0.1, 0.15) is 0 Å². The number of nitrogens with one attached hydrogen (secondary N) is 2. The molecule has 0 aromatic carbocycles. The minimum absolute atomic E-state index is 0.277. The molecule has 18 heavy (non-hydrogen) atoms. The SMILES string of the molecule is CC1CCNCC1NC(=O)C1CCCCCCC1. The van der Waals surface area contributed by atoms with Crippen molar-refractivity contribution in [2.24, 2.45) is 11.8 Å². The minimum Gasteiger partial charge on any atom is -0.352 e. The van der Waals surface area contributed by atoms with Gasteiger partial charge in [-0.15, -0.1) is 0 Å². The Morgan fingerprint density at radius 2 is 1.72 bits per heavy atom. The van der Waals surface area contributed by atoms with Gasteiger partial charge in [-0.3, -0.25) is 4.79 Å². The second-order valence-corrected chi connectivity index (χ2v) is 6.13. The van der Waals surface area contributed by atoms with Crippen LogP contribution >= 0.6 is 0 Å². The highest BCUT2D eigenvalue weighted by molar-refractivity contribution is 5.79. The molecule has 2 rings (SSSR count). The van der Waals surface area contributed by atoms with Gasteiger partial charge >= 0.3 is 0 Å². The lowest BCUT2D eigenvalue weighted by Gasteiger charge is -2.32. The average Bonchev–Trinajstić information content (AvgIpc) is 2.31. The number of hydrogen-bond acceptors (Lipinski definition) is 2. The van der Waals surface area contributed by atoms with E-state index in [2.05, 4.69) is 17.6 Å². The Morgan fingerprint density at radius 1 is 1.06 bits per heavy atom. The summed E-state index contributed by atoms with van der Waals surface area (Å²) in [5, 5.41) is 6.67. The van der Waals surface area contributed by atoms with Crippen molar-refractivity contribution in [1.29, 1.82) is 0 Å². The molecule has 0 spiro atoms. The molecule has 1 heterocycles. The lowest BCUT2D eigenvalue weighted by Crippen LogP contribution is -2.51. The summed E-state index contributed by atoms with van der Waals surface area (Å²) in [4.78, 5) is 12.3. The maximum Gasteiger partial charge on any atom is 0.223 e. The molecular formula is C15H28N2O. The predicted octanol–water partition coefficient (Wildman–Crippen LogP) is 2.46. The third kappa shape index (κ3) is 3.98. The molecule has 0 aromatic heterocycles. The summed E-state index contributed by atoms with van der Waals surface area (Å²) in [5.41, 5.74) is 0. The van der Waals surface area contributed by atoms with Crippen LogP contribution in [-0.2, 0) is 4.79 Å². The molecule has 1 saturated heterocycles. The number of rotatable bonds is 2. The smallest absolute Gasteiger partial charge is 0.223 e. The molecule has 3 nitrogen and oxygen atoms in total. The largest absolute Gasteiger partial charge is 0.352 e. The molecule has 1 amide bonds. The summed E-state index contributed by atoms with van der Waals surface area (Å²) in [6, 6.07) is 0.344. The molecule has 1 saturated carbocycles. The van der Waals surface area contributed by atoms with Gasteiger partial charge in [0.25, 0.3) is 0 Å². The van der Waals surface area contributed by atoms with Crippen molar-refractivity contribution in [1.82, 2.24) is 10.6 Å². The van der Waals surface area contributed by atoms with E-state index in [1.807, 2.05) is 0 Å². The Kier molecular flexibility index (Phi) is 5.48. The maximum absolute atomic E-state index is 12.3.